The van der Waals surface area contributed by atoms with Gasteiger partial charge in [0.15, 0.2) is 5.65 Å². The van der Waals surface area contributed by atoms with Gasteiger partial charge in [0.1, 0.15) is 11.6 Å². The molecular weight excluding hydrogens is 256 g/mol. The molecule has 8 heteroatoms. The molecule has 20 heavy (non-hydrogen) atoms. The van der Waals surface area contributed by atoms with Crippen molar-refractivity contribution in [2.45, 2.75) is 13.5 Å². The number of aromatic nitrogens is 6. The largest absolute Gasteiger partial charge is 0.364 e. The fraction of sp³-hybridized carbons (Fsp3) is 0.250. The van der Waals surface area contributed by atoms with Gasteiger partial charge in [0, 0.05) is 13.2 Å². The Hall–Kier alpha value is -2.77. The maximum Gasteiger partial charge on any atom is 0.226 e. The normalized spacial score (nSPS) is 10.7. The molecule has 3 heterocycles. The molecule has 0 saturated carbocycles. The van der Waals surface area contributed by atoms with Gasteiger partial charge in [0.05, 0.1) is 23.8 Å². The number of hydrogen-bond acceptors (Lipinski definition) is 7. The summed E-state index contributed by atoms with van der Waals surface area (Å²) >= 11 is 0. The van der Waals surface area contributed by atoms with Crippen LogP contribution < -0.4 is 10.6 Å². The predicted octanol–water partition coefficient (Wildman–Crippen LogP) is 1.11. The van der Waals surface area contributed by atoms with Crippen molar-refractivity contribution in [3.05, 3.63) is 30.0 Å². The summed E-state index contributed by atoms with van der Waals surface area (Å²) in [5, 5.41) is 13.8. The van der Waals surface area contributed by atoms with Gasteiger partial charge in [-0.15, -0.1) is 0 Å². The molecule has 8 nitrogen and oxygen atoms in total. The van der Waals surface area contributed by atoms with Gasteiger partial charge in [0.2, 0.25) is 5.95 Å². The van der Waals surface area contributed by atoms with Crippen LogP contribution in [0.1, 0.15) is 11.5 Å². The molecule has 0 unspecified atom stereocenters. The molecule has 0 bridgehead atoms. The molecule has 0 atom stereocenters. The minimum Gasteiger partial charge on any atom is -0.364 e. The minimum absolute atomic E-state index is 0.531. The van der Waals surface area contributed by atoms with Crippen LogP contribution >= 0.6 is 0 Å². The van der Waals surface area contributed by atoms with Crippen LogP contribution in [0.3, 0.4) is 0 Å². The van der Waals surface area contributed by atoms with E-state index in [0.29, 0.717) is 24.0 Å². The number of rotatable bonds is 4. The Kier molecular flexibility index (Phi) is 3.12. The second-order valence-electron chi connectivity index (χ2n) is 4.23. The lowest BCUT2D eigenvalue weighted by atomic mass is 10.3. The average molecular weight is 270 g/mol. The fourth-order valence-electron chi connectivity index (χ4n) is 1.86. The second-order valence-corrected chi connectivity index (χ2v) is 4.23. The maximum atomic E-state index is 4.39. The van der Waals surface area contributed by atoms with Crippen LogP contribution in [-0.4, -0.2) is 37.2 Å². The van der Waals surface area contributed by atoms with Crippen molar-refractivity contribution in [2.75, 3.05) is 17.7 Å². The van der Waals surface area contributed by atoms with Gasteiger partial charge in [-0.1, -0.05) is 0 Å². The smallest absolute Gasteiger partial charge is 0.226 e. The van der Waals surface area contributed by atoms with Crippen molar-refractivity contribution in [1.82, 2.24) is 30.1 Å². The van der Waals surface area contributed by atoms with Crippen molar-refractivity contribution >= 4 is 22.8 Å². The Morgan fingerprint density at radius 3 is 2.95 bits per heavy atom. The molecule has 0 radical (unpaired) electrons. The maximum absolute atomic E-state index is 4.39. The van der Waals surface area contributed by atoms with Gasteiger partial charge in [-0.3, -0.25) is 5.10 Å². The zero-order valence-corrected chi connectivity index (χ0v) is 11.2. The molecule has 0 amide bonds. The van der Waals surface area contributed by atoms with E-state index in [9.17, 15) is 0 Å². The quantitative estimate of drug-likeness (QED) is 0.652. The first-order chi connectivity index (χ1) is 9.76. The number of anilines is 2. The lowest BCUT2D eigenvalue weighted by Crippen LogP contribution is -2.07. The van der Waals surface area contributed by atoms with Crippen molar-refractivity contribution in [3.8, 4) is 0 Å². The second kappa shape index (κ2) is 5.08. The summed E-state index contributed by atoms with van der Waals surface area (Å²) in [6, 6.07) is 1.87. The summed E-state index contributed by atoms with van der Waals surface area (Å²) in [7, 11) is 1.77. The topological polar surface area (TPSA) is 104 Å². The summed E-state index contributed by atoms with van der Waals surface area (Å²) < 4.78 is 0. The number of aromatic amines is 1. The molecule has 3 aromatic heterocycles. The Morgan fingerprint density at radius 2 is 2.15 bits per heavy atom. The Bertz CT molecular complexity index is 735. The molecule has 0 spiro atoms. The van der Waals surface area contributed by atoms with Crippen molar-refractivity contribution < 1.29 is 0 Å². The average Bonchev–Trinajstić information content (AvgIpc) is 2.93. The fourth-order valence-corrected chi connectivity index (χ4v) is 1.86. The van der Waals surface area contributed by atoms with E-state index in [2.05, 4.69) is 40.8 Å². The van der Waals surface area contributed by atoms with Crippen LogP contribution in [0.5, 0.6) is 0 Å². The number of fused-ring (bicyclic) bond motifs is 1. The summed E-state index contributed by atoms with van der Waals surface area (Å²) in [5.41, 5.74) is 1.59. The third kappa shape index (κ3) is 2.35. The van der Waals surface area contributed by atoms with E-state index in [1.165, 1.54) is 0 Å². The number of hydrogen-bond donors (Lipinski definition) is 3. The van der Waals surface area contributed by atoms with Crippen molar-refractivity contribution in [2.24, 2.45) is 0 Å². The molecule has 3 N–H and O–H groups in total. The van der Waals surface area contributed by atoms with Crippen LogP contribution in [0, 0.1) is 6.92 Å². The first-order valence-corrected chi connectivity index (χ1v) is 6.17. The van der Waals surface area contributed by atoms with Crippen LogP contribution in [-0.2, 0) is 6.54 Å². The Morgan fingerprint density at radius 1 is 1.25 bits per heavy atom. The zero-order chi connectivity index (χ0) is 13.9. The molecular formula is C12H14N8. The molecule has 0 aromatic carbocycles. The van der Waals surface area contributed by atoms with Crippen LogP contribution in [0.4, 0.5) is 11.8 Å². The van der Waals surface area contributed by atoms with Gasteiger partial charge in [-0.2, -0.15) is 15.1 Å². The number of nitrogens with one attached hydrogen (secondary N) is 3. The Balaban J connectivity index is 1.88. The Labute approximate surface area is 115 Å². The van der Waals surface area contributed by atoms with E-state index in [0.717, 1.165) is 16.9 Å². The number of H-pyrrole nitrogens is 1. The van der Waals surface area contributed by atoms with Crippen LogP contribution in [0.15, 0.2) is 18.5 Å². The molecule has 0 aliphatic carbocycles. The van der Waals surface area contributed by atoms with Gasteiger partial charge >= 0.3 is 0 Å². The summed E-state index contributed by atoms with van der Waals surface area (Å²) in [6.07, 6.45) is 3.44. The highest BCUT2D eigenvalue weighted by Crippen LogP contribution is 2.20. The summed E-state index contributed by atoms with van der Waals surface area (Å²) in [6.45, 7) is 2.42. The zero-order valence-electron chi connectivity index (χ0n) is 11.2. The van der Waals surface area contributed by atoms with E-state index < -0.39 is 0 Å². The summed E-state index contributed by atoms with van der Waals surface area (Å²) in [5.74, 6) is 1.99. The van der Waals surface area contributed by atoms with E-state index in [4.69, 9.17) is 0 Å². The highest BCUT2D eigenvalue weighted by molar-refractivity contribution is 5.86. The molecule has 0 saturated heterocycles. The molecule has 0 aliphatic rings. The molecule has 3 aromatic rings. The number of aryl methyl sites for hydroxylation is 1. The minimum atomic E-state index is 0.531. The standard InChI is InChI=1S/C12H14N8/c1-7-14-4-3-8(17-7)5-15-10-9-6-16-20-11(9)19-12(13-2)18-10/h3-4,6H,5H2,1-2H3,(H3,13,15,16,18,19,20). The van der Waals surface area contributed by atoms with Crippen molar-refractivity contribution in [3.63, 3.8) is 0 Å². The highest BCUT2D eigenvalue weighted by Gasteiger charge is 2.08. The first-order valence-electron chi connectivity index (χ1n) is 6.17. The van der Waals surface area contributed by atoms with E-state index in [-0.39, 0.29) is 0 Å². The van der Waals surface area contributed by atoms with E-state index in [1.54, 1.807) is 19.4 Å². The number of nitrogens with zero attached hydrogens (tertiary/aromatic N) is 5. The predicted molar refractivity (Wildman–Crippen MR) is 75.3 cm³/mol. The third-order valence-electron chi connectivity index (χ3n) is 2.80. The molecule has 0 fully saturated rings. The van der Waals surface area contributed by atoms with E-state index >= 15 is 0 Å². The van der Waals surface area contributed by atoms with Crippen LogP contribution in [0.25, 0.3) is 11.0 Å². The lowest BCUT2D eigenvalue weighted by molar-refractivity contribution is 0.950. The van der Waals surface area contributed by atoms with Gasteiger partial charge in [-0.05, 0) is 13.0 Å². The van der Waals surface area contributed by atoms with Gasteiger partial charge < -0.3 is 10.6 Å². The molecule has 0 aliphatic heterocycles. The molecule has 102 valence electrons. The van der Waals surface area contributed by atoms with Crippen LogP contribution in [0.2, 0.25) is 0 Å². The van der Waals surface area contributed by atoms with Gasteiger partial charge in [0.25, 0.3) is 0 Å². The summed E-state index contributed by atoms with van der Waals surface area (Å²) in [4.78, 5) is 17.1. The SMILES string of the molecule is CNc1nc(NCc2ccnc(C)n2)c2cn[nH]c2n1. The monoisotopic (exact) mass is 270 g/mol. The van der Waals surface area contributed by atoms with Crippen molar-refractivity contribution in [1.29, 1.82) is 0 Å². The van der Waals surface area contributed by atoms with E-state index in [1.807, 2.05) is 13.0 Å². The highest BCUT2D eigenvalue weighted by atomic mass is 15.2. The lowest BCUT2D eigenvalue weighted by Gasteiger charge is -2.08. The first kappa shape index (κ1) is 12.3. The van der Waals surface area contributed by atoms with Gasteiger partial charge in [-0.25, -0.2) is 9.97 Å². The molecule has 3 rings (SSSR count). The third-order valence-corrected chi connectivity index (χ3v) is 2.80.